The Kier molecular flexibility index (Phi) is 3.35. The standard InChI is InChI=1S/C20H17N5O/c26-20(14-5-7-15(8-6-14)25-13-21-12-22-25)24-10-9-19-17(11-24)16-3-1-2-4-18(16)23-19/h1-8,12-13,23H,9-11H2. The fourth-order valence-corrected chi connectivity index (χ4v) is 3.62. The summed E-state index contributed by atoms with van der Waals surface area (Å²) in [5, 5.41) is 5.32. The number of nitrogens with one attached hydrogen (secondary N) is 1. The second-order valence-corrected chi connectivity index (χ2v) is 6.49. The monoisotopic (exact) mass is 343 g/mol. The number of para-hydroxylation sites is 1. The Morgan fingerprint density at radius 3 is 2.73 bits per heavy atom. The highest BCUT2D eigenvalue weighted by Gasteiger charge is 2.24. The number of rotatable bonds is 2. The summed E-state index contributed by atoms with van der Waals surface area (Å²) in [7, 11) is 0. The third-order valence-corrected chi connectivity index (χ3v) is 4.97. The lowest BCUT2D eigenvalue weighted by Crippen LogP contribution is -2.35. The number of nitrogens with zero attached hydrogens (tertiary/aromatic N) is 4. The Balaban J connectivity index is 1.41. The van der Waals surface area contributed by atoms with E-state index in [4.69, 9.17) is 0 Å². The Morgan fingerprint density at radius 2 is 1.92 bits per heavy atom. The van der Waals surface area contributed by atoms with Crippen molar-refractivity contribution in [2.24, 2.45) is 0 Å². The first-order valence-corrected chi connectivity index (χ1v) is 8.62. The Labute approximate surface area is 150 Å². The summed E-state index contributed by atoms with van der Waals surface area (Å²) in [5.41, 5.74) is 5.20. The van der Waals surface area contributed by atoms with Crippen molar-refractivity contribution < 1.29 is 4.79 Å². The fraction of sp³-hybridized carbons (Fsp3) is 0.150. The summed E-state index contributed by atoms with van der Waals surface area (Å²) in [6.45, 7) is 1.37. The SMILES string of the molecule is O=C(c1ccc(-n2cncn2)cc1)N1CCc2[nH]c3ccccc3c2C1. The van der Waals surface area contributed by atoms with E-state index in [2.05, 4.69) is 27.2 Å². The van der Waals surface area contributed by atoms with Crippen molar-refractivity contribution in [2.45, 2.75) is 13.0 Å². The summed E-state index contributed by atoms with van der Waals surface area (Å²) in [6.07, 6.45) is 3.98. The zero-order valence-electron chi connectivity index (χ0n) is 14.1. The van der Waals surface area contributed by atoms with E-state index in [9.17, 15) is 4.79 Å². The molecule has 0 saturated heterocycles. The van der Waals surface area contributed by atoms with E-state index in [-0.39, 0.29) is 5.91 Å². The van der Waals surface area contributed by atoms with Crippen molar-refractivity contribution in [3.05, 3.63) is 78.0 Å². The van der Waals surface area contributed by atoms with Gasteiger partial charge in [0.05, 0.1) is 5.69 Å². The van der Waals surface area contributed by atoms with Crippen LogP contribution >= 0.6 is 0 Å². The van der Waals surface area contributed by atoms with Crippen LogP contribution < -0.4 is 0 Å². The molecule has 128 valence electrons. The molecule has 4 aromatic rings. The smallest absolute Gasteiger partial charge is 0.254 e. The van der Waals surface area contributed by atoms with Crippen LogP contribution in [0.4, 0.5) is 0 Å². The predicted molar refractivity (Wildman–Crippen MR) is 98.1 cm³/mol. The van der Waals surface area contributed by atoms with Crippen molar-refractivity contribution in [3.8, 4) is 5.69 Å². The zero-order chi connectivity index (χ0) is 17.5. The molecule has 1 aliphatic heterocycles. The molecule has 0 atom stereocenters. The molecule has 1 N–H and O–H groups in total. The lowest BCUT2D eigenvalue weighted by molar-refractivity contribution is 0.0735. The number of hydrogen-bond donors (Lipinski definition) is 1. The summed E-state index contributed by atoms with van der Waals surface area (Å²) >= 11 is 0. The van der Waals surface area contributed by atoms with Crippen LogP contribution in [0.2, 0.25) is 0 Å². The van der Waals surface area contributed by atoms with Gasteiger partial charge in [0.15, 0.2) is 0 Å². The Hall–Kier alpha value is -3.41. The number of aromatic amines is 1. The topological polar surface area (TPSA) is 66.8 Å². The molecule has 0 radical (unpaired) electrons. The molecule has 1 amide bonds. The predicted octanol–water partition coefficient (Wildman–Crippen LogP) is 2.95. The Bertz CT molecular complexity index is 1080. The van der Waals surface area contributed by atoms with Crippen LogP contribution in [-0.4, -0.2) is 37.1 Å². The van der Waals surface area contributed by atoms with Crippen LogP contribution in [-0.2, 0) is 13.0 Å². The number of amides is 1. The molecule has 0 spiro atoms. The highest BCUT2D eigenvalue weighted by molar-refractivity contribution is 5.95. The number of carbonyl (C=O) groups is 1. The van der Waals surface area contributed by atoms with Gasteiger partial charge in [0, 0.05) is 47.2 Å². The molecule has 6 heteroatoms. The minimum absolute atomic E-state index is 0.0612. The number of fused-ring (bicyclic) bond motifs is 3. The van der Waals surface area contributed by atoms with E-state index in [0.29, 0.717) is 12.1 Å². The van der Waals surface area contributed by atoms with Gasteiger partial charge < -0.3 is 9.88 Å². The molecule has 6 nitrogen and oxygen atoms in total. The summed E-state index contributed by atoms with van der Waals surface area (Å²) in [6, 6.07) is 15.8. The lowest BCUT2D eigenvalue weighted by Gasteiger charge is -2.27. The first-order valence-electron chi connectivity index (χ1n) is 8.62. The number of carbonyl (C=O) groups excluding carboxylic acids is 1. The van der Waals surface area contributed by atoms with Gasteiger partial charge in [-0.05, 0) is 30.3 Å². The van der Waals surface area contributed by atoms with Crippen LogP contribution in [0.25, 0.3) is 16.6 Å². The zero-order valence-corrected chi connectivity index (χ0v) is 14.1. The van der Waals surface area contributed by atoms with Gasteiger partial charge in [-0.3, -0.25) is 4.79 Å². The molecular weight excluding hydrogens is 326 g/mol. The minimum atomic E-state index is 0.0612. The van der Waals surface area contributed by atoms with E-state index in [0.717, 1.165) is 24.2 Å². The molecule has 0 saturated carbocycles. The Morgan fingerprint density at radius 1 is 1.08 bits per heavy atom. The van der Waals surface area contributed by atoms with Gasteiger partial charge in [0.2, 0.25) is 0 Å². The number of hydrogen-bond acceptors (Lipinski definition) is 3. The second-order valence-electron chi connectivity index (χ2n) is 6.49. The van der Waals surface area contributed by atoms with E-state index in [1.165, 1.54) is 23.0 Å². The molecule has 2 aromatic carbocycles. The molecule has 0 unspecified atom stereocenters. The van der Waals surface area contributed by atoms with Crippen molar-refractivity contribution in [1.82, 2.24) is 24.6 Å². The third kappa shape index (κ3) is 2.38. The molecule has 0 fully saturated rings. The van der Waals surface area contributed by atoms with Crippen LogP contribution in [0.3, 0.4) is 0 Å². The van der Waals surface area contributed by atoms with Gasteiger partial charge in [0.25, 0.3) is 5.91 Å². The normalized spacial score (nSPS) is 13.8. The van der Waals surface area contributed by atoms with E-state index < -0.39 is 0 Å². The van der Waals surface area contributed by atoms with Gasteiger partial charge in [-0.15, -0.1) is 0 Å². The van der Waals surface area contributed by atoms with Crippen molar-refractivity contribution in [1.29, 1.82) is 0 Å². The second kappa shape index (κ2) is 5.84. The molecule has 5 rings (SSSR count). The van der Waals surface area contributed by atoms with Gasteiger partial charge >= 0.3 is 0 Å². The van der Waals surface area contributed by atoms with Crippen LogP contribution in [0.5, 0.6) is 0 Å². The number of benzene rings is 2. The maximum Gasteiger partial charge on any atom is 0.254 e. The molecule has 26 heavy (non-hydrogen) atoms. The van der Waals surface area contributed by atoms with E-state index in [1.54, 1.807) is 11.0 Å². The van der Waals surface area contributed by atoms with Gasteiger partial charge in [-0.1, -0.05) is 18.2 Å². The van der Waals surface area contributed by atoms with E-state index in [1.807, 2.05) is 41.3 Å². The largest absolute Gasteiger partial charge is 0.358 e. The summed E-state index contributed by atoms with van der Waals surface area (Å²) in [4.78, 5) is 22.3. The van der Waals surface area contributed by atoms with Crippen molar-refractivity contribution >= 4 is 16.8 Å². The number of aromatic nitrogens is 4. The molecular formula is C20H17N5O. The van der Waals surface area contributed by atoms with Gasteiger partial charge in [-0.2, -0.15) is 5.10 Å². The van der Waals surface area contributed by atoms with Gasteiger partial charge in [-0.25, -0.2) is 9.67 Å². The first-order chi connectivity index (χ1) is 12.8. The lowest BCUT2D eigenvalue weighted by atomic mass is 10.0. The van der Waals surface area contributed by atoms with Crippen molar-refractivity contribution in [2.75, 3.05) is 6.54 Å². The average Bonchev–Trinajstić information content (AvgIpc) is 3.35. The summed E-state index contributed by atoms with van der Waals surface area (Å²) < 4.78 is 1.67. The highest BCUT2D eigenvalue weighted by atomic mass is 16.2. The summed E-state index contributed by atoms with van der Waals surface area (Å²) in [5.74, 6) is 0.0612. The minimum Gasteiger partial charge on any atom is -0.358 e. The fourth-order valence-electron chi connectivity index (χ4n) is 3.62. The van der Waals surface area contributed by atoms with Crippen LogP contribution in [0.15, 0.2) is 61.2 Å². The first kappa shape index (κ1) is 14.9. The quantitative estimate of drug-likeness (QED) is 0.608. The molecule has 0 aliphatic carbocycles. The van der Waals surface area contributed by atoms with Crippen LogP contribution in [0.1, 0.15) is 21.6 Å². The molecule has 2 aromatic heterocycles. The maximum atomic E-state index is 12.9. The molecule has 3 heterocycles. The average molecular weight is 343 g/mol. The van der Waals surface area contributed by atoms with Gasteiger partial charge in [0.1, 0.15) is 12.7 Å². The number of H-pyrrole nitrogens is 1. The van der Waals surface area contributed by atoms with Crippen LogP contribution in [0, 0.1) is 0 Å². The third-order valence-electron chi connectivity index (χ3n) is 4.97. The van der Waals surface area contributed by atoms with E-state index >= 15 is 0 Å². The molecule has 1 aliphatic rings. The maximum absolute atomic E-state index is 12.9. The highest BCUT2D eigenvalue weighted by Crippen LogP contribution is 2.28. The molecule has 0 bridgehead atoms. The van der Waals surface area contributed by atoms with Crippen molar-refractivity contribution in [3.63, 3.8) is 0 Å².